The molecular formula is C16H21ClN2O4S. The molecule has 0 atom stereocenters. The molecule has 0 saturated carbocycles. The van der Waals surface area contributed by atoms with Crippen molar-refractivity contribution in [3.05, 3.63) is 28.8 Å². The lowest BCUT2D eigenvalue weighted by Gasteiger charge is -2.28. The van der Waals surface area contributed by atoms with Gasteiger partial charge in [0.05, 0.1) is 28.7 Å². The summed E-state index contributed by atoms with van der Waals surface area (Å²) in [6, 6.07) is 4.37. The topological polar surface area (TPSA) is 66.9 Å². The van der Waals surface area contributed by atoms with Crippen LogP contribution in [0.1, 0.15) is 29.6 Å². The molecule has 132 valence electrons. The molecule has 2 saturated heterocycles. The van der Waals surface area contributed by atoms with Gasteiger partial charge >= 0.3 is 0 Å². The summed E-state index contributed by atoms with van der Waals surface area (Å²) < 4.78 is 32.3. The van der Waals surface area contributed by atoms with Crippen LogP contribution in [-0.4, -0.2) is 62.9 Å². The zero-order chi connectivity index (χ0) is 17.2. The second kappa shape index (κ2) is 7.39. The van der Waals surface area contributed by atoms with Crippen LogP contribution in [0.4, 0.5) is 0 Å². The van der Waals surface area contributed by atoms with E-state index in [1.807, 2.05) is 0 Å². The summed E-state index contributed by atoms with van der Waals surface area (Å²) in [5.74, 6) is -0.251. The van der Waals surface area contributed by atoms with Crippen molar-refractivity contribution >= 4 is 27.5 Å². The second-order valence-electron chi connectivity index (χ2n) is 6.01. The average Bonchev–Trinajstić information content (AvgIpc) is 2.63. The molecule has 1 aromatic rings. The molecule has 2 aliphatic heterocycles. The lowest BCUT2D eigenvalue weighted by Crippen LogP contribution is -2.41. The molecular weight excluding hydrogens is 352 g/mol. The number of ether oxygens (including phenoxy) is 1. The van der Waals surface area contributed by atoms with Gasteiger partial charge in [0.1, 0.15) is 0 Å². The number of morpholine rings is 1. The summed E-state index contributed by atoms with van der Waals surface area (Å²) in [6.07, 6.45) is 2.78. The van der Waals surface area contributed by atoms with E-state index in [0.717, 1.165) is 19.3 Å². The number of hydrogen-bond donors (Lipinski definition) is 0. The molecule has 2 aliphatic rings. The number of sulfonamides is 1. The van der Waals surface area contributed by atoms with Crippen molar-refractivity contribution in [3.63, 3.8) is 0 Å². The number of carbonyl (C=O) groups is 1. The van der Waals surface area contributed by atoms with Crippen molar-refractivity contribution in [2.45, 2.75) is 24.2 Å². The Balaban J connectivity index is 1.89. The Morgan fingerprint density at radius 1 is 1.04 bits per heavy atom. The molecule has 0 N–H and O–H groups in total. The third-order valence-electron chi connectivity index (χ3n) is 4.42. The van der Waals surface area contributed by atoms with Gasteiger partial charge in [-0.3, -0.25) is 4.79 Å². The first kappa shape index (κ1) is 17.7. The summed E-state index contributed by atoms with van der Waals surface area (Å²) >= 11 is 6.16. The van der Waals surface area contributed by atoms with Crippen molar-refractivity contribution < 1.29 is 17.9 Å². The van der Waals surface area contributed by atoms with Crippen LogP contribution in [0.5, 0.6) is 0 Å². The van der Waals surface area contributed by atoms with E-state index in [0.29, 0.717) is 39.4 Å². The van der Waals surface area contributed by atoms with Gasteiger partial charge in [0.25, 0.3) is 5.91 Å². The first-order valence-electron chi connectivity index (χ1n) is 8.17. The zero-order valence-electron chi connectivity index (χ0n) is 13.4. The molecule has 0 aromatic heterocycles. The molecule has 0 radical (unpaired) electrons. The molecule has 2 heterocycles. The Labute approximate surface area is 147 Å². The molecule has 0 spiro atoms. The lowest BCUT2D eigenvalue weighted by molar-refractivity contribution is 0.0303. The molecule has 0 unspecified atom stereocenters. The quantitative estimate of drug-likeness (QED) is 0.813. The Hall–Kier alpha value is -1.15. The minimum Gasteiger partial charge on any atom is -0.378 e. The van der Waals surface area contributed by atoms with Crippen LogP contribution in [0.25, 0.3) is 0 Å². The summed E-state index contributed by atoms with van der Waals surface area (Å²) in [6.45, 7) is 2.98. The number of hydrogen-bond acceptors (Lipinski definition) is 4. The van der Waals surface area contributed by atoms with Crippen molar-refractivity contribution in [1.29, 1.82) is 0 Å². The van der Waals surface area contributed by atoms with Gasteiger partial charge in [0.15, 0.2) is 0 Å². The van der Waals surface area contributed by atoms with E-state index in [9.17, 15) is 13.2 Å². The van der Waals surface area contributed by atoms with Crippen molar-refractivity contribution in [1.82, 2.24) is 9.21 Å². The highest BCUT2D eigenvalue weighted by Crippen LogP contribution is 2.26. The van der Waals surface area contributed by atoms with Gasteiger partial charge in [0.2, 0.25) is 10.0 Å². The van der Waals surface area contributed by atoms with E-state index in [1.165, 1.54) is 22.5 Å². The Bertz CT molecular complexity index is 711. The van der Waals surface area contributed by atoms with Gasteiger partial charge in [0, 0.05) is 26.2 Å². The molecule has 2 fully saturated rings. The standard InChI is InChI=1S/C16H21ClN2O4S/c17-15-5-4-13(24(21,22)19-6-2-1-3-7-19)12-14(15)16(20)18-8-10-23-11-9-18/h4-5,12H,1-3,6-11H2. The Kier molecular flexibility index (Phi) is 5.44. The minimum atomic E-state index is -3.59. The highest BCUT2D eigenvalue weighted by atomic mass is 35.5. The molecule has 24 heavy (non-hydrogen) atoms. The van der Waals surface area contributed by atoms with E-state index in [-0.39, 0.29) is 21.4 Å². The normalized spacial score (nSPS) is 20.1. The SMILES string of the molecule is O=C(c1cc(S(=O)(=O)N2CCCCC2)ccc1Cl)N1CCOCC1. The number of amides is 1. The Morgan fingerprint density at radius 3 is 2.38 bits per heavy atom. The third-order valence-corrected chi connectivity index (χ3v) is 6.64. The van der Waals surface area contributed by atoms with Gasteiger partial charge in [-0.2, -0.15) is 4.31 Å². The predicted molar refractivity (Wildman–Crippen MR) is 90.8 cm³/mol. The number of benzene rings is 1. The van der Waals surface area contributed by atoms with Crippen molar-refractivity contribution in [3.8, 4) is 0 Å². The van der Waals surface area contributed by atoms with E-state index in [2.05, 4.69) is 0 Å². The molecule has 6 nitrogen and oxygen atoms in total. The maximum absolute atomic E-state index is 12.8. The maximum Gasteiger partial charge on any atom is 0.255 e. The Morgan fingerprint density at radius 2 is 1.71 bits per heavy atom. The zero-order valence-corrected chi connectivity index (χ0v) is 15.0. The van der Waals surface area contributed by atoms with Crippen LogP contribution < -0.4 is 0 Å². The van der Waals surface area contributed by atoms with Crippen LogP contribution in [0.2, 0.25) is 5.02 Å². The highest BCUT2D eigenvalue weighted by molar-refractivity contribution is 7.89. The van der Waals surface area contributed by atoms with E-state index >= 15 is 0 Å². The smallest absolute Gasteiger partial charge is 0.255 e. The summed E-state index contributed by atoms with van der Waals surface area (Å²) in [5, 5.41) is 0.268. The average molecular weight is 373 g/mol. The van der Waals surface area contributed by atoms with Crippen molar-refractivity contribution in [2.75, 3.05) is 39.4 Å². The minimum absolute atomic E-state index is 0.130. The fourth-order valence-corrected chi connectivity index (χ4v) is 4.76. The molecule has 0 bridgehead atoms. The van der Waals surface area contributed by atoms with Crippen LogP contribution in [-0.2, 0) is 14.8 Å². The van der Waals surface area contributed by atoms with E-state index in [4.69, 9.17) is 16.3 Å². The third kappa shape index (κ3) is 3.59. The molecule has 1 amide bonds. The fourth-order valence-electron chi connectivity index (χ4n) is 3.02. The van der Waals surface area contributed by atoms with E-state index in [1.54, 1.807) is 4.90 Å². The number of carbonyl (C=O) groups excluding carboxylic acids is 1. The lowest BCUT2D eigenvalue weighted by atomic mass is 10.2. The molecule has 0 aliphatic carbocycles. The summed E-state index contributed by atoms with van der Waals surface area (Å²) in [7, 11) is -3.59. The first-order chi connectivity index (χ1) is 11.5. The van der Waals surface area contributed by atoms with Crippen LogP contribution in [0.3, 0.4) is 0 Å². The van der Waals surface area contributed by atoms with Gasteiger partial charge in [-0.1, -0.05) is 18.0 Å². The number of nitrogens with zero attached hydrogens (tertiary/aromatic N) is 2. The van der Waals surface area contributed by atoms with Gasteiger partial charge in [-0.15, -0.1) is 0 Å². The van der Waals surface area contributed by atoms with Crippen molar-refractivity contribution in [2.24, 2.45) is 0 Å². The summed E-state index contributed by atoms with van der Waals surface area (Å²) in [4.78, 5) is 14.4. The van der Waals surface area contributed by atoms with Gasteiger partial charge in [-0.25, -0.2) is 8.42 Å². The molecule has 1 aromatic carbocycles. The van der Waals surface area contributed by atoms with Crippen LogP contribution >= 0.6 is 11.6 Å². The van der Waals surface area contributed by atoms with Gasteiger partial charge < -0.3 is 9.64 Å². The largest absolute Gasteiger partial charge is 0.378 e. The fraction of sp³-hybridized carbons (Fsp3) is 0.562. The maximum atomic E-state index is 12.8. The van der Waals surface area contributed by atoms with Crippen LogP contribution in [0.15, 0.2) is 23.1 Å². The van der Waals surface area contributed by atoms with Gasteiger partial charge in [-0.05, 0) is 31.0 Å². The number of rotatable bonds is 3. The monoisotopic (exact) mass is 372 g/mol. The molecule has 3 rings (SSSR count). The van der Waals surface area contributed by atoms with E-state index < -0.39 is 10.0 Å². The number of halogens is 1. The molecule has 8 heteroatoms. The predicted octanol–water partition coefficient (Wildman–Crippen LogP) is 1.99. The number of piperidine rings is 1. The second-order valence-corrected chi connectivity index (χ2v) is 8.36. The summed E-state index contributed by atoms with van der Waals surface area (Å²) in [5.41, 5.74) is 0.233. The van der Waals surface area contributed by atoms with Crippen LogP contribution in [0, 0.1) is 0 Å². The first-order valence-corrected chi connectivity index (χ1v) is 9.99. The highest BCUT2D eigenvalue weighted by Gasteiger charge is 2.28.